The van der Waals surface area contributed by atoms with Gasteiger partial charge in [0.05, 0.1) is 4.90 Å². The van der Waals surface area contributed by atoms with Crippen molar-refractivity contribution in [3.8, 4) is 11.5 Å². The highest BCUT2D eigenvalue weighted by Gasteiger charge is 2.26. The lowest BCUT2D eigenvalue weighted by atomic mass is 10.1. The Morgan fingerprint density at radius 1 is 0.938 bits per heavy atom. The molecule has 0 unspecified atom stereocenters. The van der Waals surface area contributed by atoms with Crippen molar-refractivity contribution < 1.29 is 22.7 Å². The van der Waals surface area contributed by atoms with Gasteiger partial charge in [0.25, 0.3) is 0 Å². The highest BCUT2D eigenvalue weighted by molar-refractivity contribution is 7.89. The Hall–Kier alpha value is -3.07. The van der Waals surface area contributed by atoms with Crippen LogP contribution in [-0.4, -0.2) is 27.2 Å². The van der Waals surface area contributed by atoms with Crippen molar-refractivity contribution in [2.75, 3.05) is 6.79 Å². The van der Waals surface area contributed by atoms with Crippen molar-refractivity contribution in [3.05, 3.63) is 88.9 Å². The number of halogens is 1. The molecule has 3 aromatic rings. The first-order valence-electron chi connectivity index (χ1n) is 9.89. The standard InChI is InChI=1S/C23H21ClN2O5S/c24-18-7-9-19(10-8-18)32(28,29)26-20(12-16-4-2-1-3-5-16)23(27)25-14-17-6-11-21-22(13-17)31-15-30-21/h1-11,13,20,26H,12,14-15H2,(H,25,27)/t20-/m0/s1. The smallest absolute Gasteiger partial charge is 0.241 e. The number of sulfonamides is 1. The minimum Gasteiger partial charge on any atom is -0.454 e. The molecule has 0 saturated heterocycles. The maximum atomic E-state index is 13.0. The van der Waals surface area contributed by atoms with E-state index in [-0.39, 0.29) is 24.7 Å². The van der Waals surface area contributed by atoms with Gasteiger partial charge in [0.1, 0.15) is 6.04 Å². The number of hydrogen-bond acceptors (Lipinski definition) is 5. The summed E-state index contributed by atoms with van der Waals surface area (Å²) in [4.78, 5) is 13.0. The average molecular weight is 473 g/mol. The third-order valence-corrected chi connectivity index (χ3v) is 6.66. The fourth-order valence-corrected chi connectivity index (χ4v) is 4.59. The van der Waals surface area contributed by atoms with E-state index >= 15 is 0 Å². The van der Waals surface area contributed by atoms with Crippen LogP contribution < -0.4 is 19.5 Å². The summed E-state index contributed by atoms with van der Waals surface area (Å²) in [6.07, 6.45) is 0.195. The quantitative estimate of drug-likeness (QED) is 0.524. The Balaban J connectivity index is 1.50. The molecule has 4 rings (SSSR count). The van der Waals surface area contributed by atoms with Crippen LogP contribution in [0.4, 0.5) is 0 Å². The normalized spacial score (nSPS) is 13.5. The molecule has 9 heteroatoms. The third kappa shape index (κ3) is 5.40. The number of carbonyl (C=O) groups is 1. The number of ether oxygens (including phenoxy) is 2. The molecule has 0 radical (unpaired) electrons. The minimum absolute atomic E-state index is 0.0310. The zero-order valence-electron chi connectivity index (χ0n) is 17.0. The average Bonchev–Trinajstić information content (AvgIpc) is 3.26. The van der Waals surface area contributed by atoms with Crippen LogP contribution in [0.2, 0.25) is 5.02 Å². The van der Waals surface area contributed by atoms with E-state index in [0.29, 0.717) is 16.5 Å². The zero-order valence-corrected chi connectivity index (χ0v) is 18.5. The summed E-state index contributed by atoms with van der Waals surface area (Å²) in [6, 6.07) is 19.4. The van der Waals surface area contributed by atoms with Crippen LogP contribution in [-0.2, 0) is 27.8 Å². The Bertz CT molecular complexity index is 1200. The van der Waals surface area contributed by atoms with Crippen LogP contribution >= 0.6 is 11.6 Å². The molecule has 1 aliphatic rings. The summed E-state index contributed by atoms with van der Waals surface area (Å²) in [5.74, 6) is 0.822. The number of benzene rings is 3. The predicted molar refractivity (Wildman–Crippen MR) is 120 cm³/mol. The van der Waals surface area contributed by atoms with Gasteiger partial charge in [-0.05, 0) is 53.9 Å². The van der Waals surface area contributed by atoms with Crippen molar-refractivity contribution in [3.63, 3.8) is 0 Å². The lowest BCUT2D eigenvalue weighted by Crippen LogP contribution is -2.47. The van der Waals surface area contributed by atoms with Crippen molar-refractivity contribution in [2.45, 2.75) is 23.9 Å². The topological polar surface area (TPSA) is 93.7 Å². The fourth-order valence-electron chi connectivity index (χ4n) is 3.27. The van der Waals surface area contributed by atoms with E-state index in [1.807, 2.05) is 36.4 Å². The van der Waals surface area contributed by atoms with E-state index in [1.165, 1.54) is 24.3 Å². The van der Waals surface area contributed by atoms with Crippen LogP contribution in [0.1, 0.15) is 11.1 Å². The molecule has 0 spiro atoms. The summed E-state index contributed by atoms with van der Waals surface area (Å²) in [7, 11) is -3.94. The molecule has 0 bridgehead atoms. The molecule has 2 N–H and O–H groups in total. The van der Waals surface area contributed by atoms with E-state index in [9.17, 15) is 13.2 Å². The van der Waals surface area contributed by atoms with Crippen LogP contribution in [0.25, 0.3) is 0 Å². The largest absolute Gasteiger partial charge is 0.454 e. The maximum absolute atomic E-state index is 13.0. The van der Waals surface area contributed by atoms with Gasteiger partial charge in [-0.1, -0.05) is 48.0 Å². The maximum Gasteiger partial charge on any atom is 0.241 e. The van der Waals surface area contributed by atoms with Gasteiger partial charge >= 0.3 is 0 Å². The molecule has 1 atom stereocenters. The molecule has 0 aliphatic carbocycles. The summed E-state index contributed by atoms with van der Waals surface area (Å²) in [5, 5.41) is 3.23. The Morgan fingerprint density at radius 3 is 2.41 bits per heavy atom. The van der Waals surface area contributed by atoms with Crippen molar-refractivity contribution in [1.82, 2.24) is 10.0 Å². The van der Waals surface area contributed by atoms with Gasteiger partial charge in [0.15, 0.2) is 11.5 Å². The number of nitrogens with one attached hydrogen (secondary N) is 2. The second-order valence-corrected chi connectivity index (χ2v) is 9.37. The van der Waals surface area contributed by atoms with Gasteiger partial charge in [-0.2, -0.15) is 4.72 Å². The van der Waals surface area contributed by atoms with E-state index in [0.717, 1.165) is 11.1 Å². The van der Waals surface area contributed by atoms with Gasteiger partial charge in [-0.3, -0.25) is 4.79 Å². The first-order valence-corrected chi connectivity index (χ1v) is 11.7. The highest BCUT2D eigenvalue weighted by atomic mass is 35.5. The lowest BCUT2D eigenvalue weighted by molar-refractivity contribution is -0.122. The molecule has 0 aromatic heterocycles. The molecular weight excluding hydrogens is 452 g/mol. The summed E-state index contributed by atoms with van der Waals surface area (Å²) in [6.45, 7) is 0.375. The van der Waals surface area contributed by atoms with Crippen molar-refractivity contribution in [2.24, 2.45) is 0 Å². The molecule has 0 saturated carbocycles. The number of fused-ring (bicyclic) bond motifs is 1. The SMILES string of the molecule is O=C(NCc1ccc2c(c1)OCO2)[C@H](Cc1ccccc1)NS(=O)(=O)c1ccc(Cl)cc1. The summed E-state index contributed by atoms with van der Waals surface area (Å²) >= 11 is 5.86. The van der Waals surface area contributed by atoms with Crippen molar-refractivity contribution in [1.29, 1.82) is 0 Å². The van der Waals surface area contributed by atoms with Crippen molar-refractivity contribution >= 4 is 27.5 Å². The van der Waals surface area contributed by atoms with Crippen LogP contribution in [0.5, 0.6) is 11.5 Å². The van der Waals surface area contributed by atoms with Gasteiger partial charge in [0.2, 0.25) is 22.7 Å². The Labute approximate surface area is 191 Å². The third-order valence-electron chi connectivity index (χ3n) is 4.92. The molecule has 1 aliphatic heterocycles. The van der Waals surface area contributed by atoms with E-state index in [1.54, 1.807) is 12.1 Å². The molecule has 0 fully saturated rings. The number of amides is 1. The van der Waals surface area contributed by atoms with Gasteiger partial charge in [-0.25, -0.2) is 8.42 Å². The highest BCUT2D eigenvalue weighted by Crippen LogP contribution is 2.32. The van der Waals surface area contributed by atoms with Crippen LogP contribution in [0.15, 0.2) is 77.7 Å². The van der Waals surface area contributed by atoms with Gasteiger partial charge in [0, 0.05) is 11.6 Å². The minimum atomic E-state index is -3.94. The lowest BCUT2D eigenvalue weighted by Gasteiger charge is -2.19. The molecule has 166 valence electrons. The fraction of sp³-hybridized carbons (Fsp3) is 0.174. The number of hydrogen-bond donors (Lipinski definition) is 2. The first-order chi connectivity index (χ1) is 15.4. The molecule has 1 heterocycles. The molecule has 32 heavy (non-hydrogen) atoms. The van der Waals surface area contributed by atoms with E-state index in [4.69, 9.17) is 21.1 Å². The molecule has 7 nitrogen and oxygen atoms in total. The van der Waals surface area contributed by atoms with E-state index in [2.05, 4.69) is 10.0 Å². The Kier molecular flexibility index (Phi) is 6.64. The Morgan fingerprint density at radius 2 is 1.66 bits per heavy atom. The number of carbonyl (C=O) groups excluding carboxylic acids is 1. The summed E-state index contributed by atoms with van der Waals surface area (Å²) < 4.78 is 39.0. The number of rotatable bonds is 8. The second-order valence-electron chi connectivity index (χ2n) is 7.22. The van der Waals surface area contributed by atoms with Gasteiger partial charge < -0.3 is 14.8 Å². The van der Waals surface area contributed by atoms with Crippen LogP contribution in [0, 0.1) is 0 Å². The van der Waals surface area contributed by atoms with E-state index < -0.39 is 22.0 Å². The monoisotopic (exact) mass is 472 g/mol. The van der Waals surface area contributed by atoms with Crippen LogP contribution in [0.3, 0.4) is 0 Å². The van der Waals surface area contributed by atoms with Gasteiger partial charge in [-0.15, -0.1) is 0 Å². The molecule has 1 amide bonds. The summed E-state index contributed by atoms with van der Waals surface area (Å²) in [5.41, 5.74) is 1.64. The second kappa shape index (κ2) is 9.60. The molecular formula is C23H21ClN2O5S. The predicted octanol–water partition coefficient (Wildman–Crippen LogP) is 3.27. The first kappa shape index (κ1) is 22.1. The molecule has 3 aromatic carbocycles. The zero-order chi connectivity index (χ0) is 22.6.